The summed E-state index contributed by atoms with van der Waals surface area (Å²) < 4.78 is 0. The van der Waals surface area contributed by atoms with Gasteiger partial charge in [-0.3, -0.25) is 0 Å². The van der Waals surface area contributed by atoms with Gasteiger partial charge in [-0.25, -0.2) is 0 Å². The van der Waals surface area contributed by atoms with Crippen LogP contribution in [0.2, 0.25) is 0 Å². The maximum Gasteiger partial charge on any atom is 0.0682 e. The second kappa shape index (κ2) is 4.28. The van der Waals surface area contributed by atoms with Crippen molar-refractivity contribution in [1.29, 1.82) is 0 Å². The van der Waals surface area contributed by atoms with E-state index in [0.717, 1.165) is 12.0 Å². The highest BCUT2D eigenvalue weighted by molar-refractivity contribution is 5.83. The van der Waals surface area contributed by atoms with Gasteiger partial charge in [0, 0.05) is 0 Å². The van der Waals surface area contributed by atoms with Crippen LogP contribution in [0.4, 0.5) is 0 Å². The largest absolute Gasteiger partial charge is 0.392 e. The Morgan fingerprint density at radius 3 is 2.20 bits per heavy atom. The fourth-order valence-corrected chi connectivity index (χ4v) is 1.74. The fourth-order valence-electron chi connectivity index (χ4n) is 1.74. The van der Waals surface area contributed by atoms with Gasteiger partial charge in [0.1, 0.15) is 0 Å². The minimum Gasteiger partial charge on any atom is -0.392 e. The molecule has 2 aromatic carbocycles. The quantitative estimate of drug-likeness (QED) is 0.751. The Labute approximate surface area is 89.7 Å². The number of benzene rings is 2. The van der Waals surface area contributed by atoms with Gasteiger partial charge in [-0.05, 0) is 34.4 Å². The predicted octanol–water partition coefficient (Wildman–Crippen LogP) is 3.06. The summed E-state index contributed by atoms with van der Waals surface area (Å²) in [4.78, 5) is 0. The van der Waals surface area contributed by atoms with Crippen molar-refractivity contribution in [2.24, 2.45) is 0 Å². The van der Waals surface area contributed by atoms with Gasteiger partial charge in [-0.15, -0.1) is 6.58 Å². The van der Waals surface area contributed by atoms with Crippen molar-refractivity contribution < 1.29 is 5.11 Å². The van der Waals surface area contributed by atoms with E-state index in [9.17, 15) is 0 Å². The second-order valence-corrected chi connectivity index (χ2v) is 3.67. The van der Waals surface area contributed by atoms with Crippen LogP contribution < -0.4 is 0 Å². The first-order valence-corrected chi connectivity index (χ1v) is 5.07. The number of hydrogen-bond acceptors (Lipinski definition) is 1. The van der Waals surface area contributed by atoms with Crippen LogP contribution in [0, 0.1) is 0 Å². The highest BCUT2D eigenvalue weighted by atomic mass is 16.3. The molecule has 1 N–H and O–H groups in total. The molecular formula is C14H14O. The van der Waals surface area contributed by atoms with E-state index in [1.165, 1.54) is 16.3 Å². The third kappa shape index (κ3) is 2.08. The summed E-state index contributed by atoms with van der Waals surface area (Å²) in [5.41, 5.74) is 2.23. The molecule has 2 rings (SSSR count). The van der Waals surface area contributed by atoms with Crippen molar-refractivity contribution in [2.75, 3.05) is 0 Å². The number of aliphatic hydroxyl groups is 1. The van der Waals surface area contributed by atoms with Crippen molar-refractivity contribution in [2.45, 2.75) is 13.0 Å². The van der Waals surface area contributed by atoms with Crippen LogP contribution in [0.15, 0.2) is 49.1 Å². The van der Waals surface area contributed by atoms with Crippen LogP contribution >= 0.6 is 0 Å². The van der Waals surface area contributed by atoms with Gasteiger partial charge in [0.15, 0.2) is 0 Å². The summed E-state index contributed by atoms with van der Waals surface area (Å²) in [6, 6.07) is 12.4. The highest BCUT2D eigenvalue weighted by Crippen LogP contribution is 2.18. The zero-order valence-electron chi connectivity index (χ0n) is 8.61. The molecule has 0 fully saturated rings. The van der Waals surface area contributed by atoms with Gasteiger partial charge in [0.25, 0.3) is 0 Å². The van der Waals surface area contributed by atoms with Crippen molar-refractivity contribution in [1.82, 2.24) is 0 Å². The van der Waals surface area contributed by atoms with E-state index < -0.39 is 0 Å². The third-order valence-electron chi connectivity index (χ3n) is 2.53. The number of hydrogen-bond donors (Lipinski definition) is 1. The average Bonchev–Trinajstić information content (AvgIpc) is 2.29. The van der Waals surface area contributed by atoms with Gasteiger partial charge >= 0.3 is 0 Å². The predicted molar refractivity (Wildman–Crippen MR) is 63.8 cm³/mol. The van der Waals surface area contributed by atoms with E-state index in [-0.39, 0.29) is 6.61 Å². The third-order valence-corrected chi connectivity index (χ3v) is 2.53. The molecule has 0 radical (unpaired) electrons. The van der Waals surface area contributed by atoms with Crippen LogP contribution in [-0.2, 0) is 13.0 Å². The summed E-state index contributed by atoms with van der Waals surface area (Å²) in [6.45, 7) is 3.83. The molecular weight excluding hydrogens is 184 g/mol. The molecule has 0 bridgehead atoms. The van der Waals surface area contributed by atoms with E-state index in [1.54, 1.807) is 0 Å². The van der Waals surface area contributed by atoms with Gasteiger partial charge in [0.05, 0.1) is 6.61 Å². The van der Waals surface area contributed by atoms with E-state index in [1.807, 2.05) is 24.3 Å². The van der Waals surface area contributed by atoms with Crippen LogP contribution in [0.3, 0.4) is 0 Å². The number of fused-ring (bicyclic) bond motifs is 1. The van der Waals surface area contributed by atoms with Crippen LogP contribution in [0.1, 0.15) is 11.1 Å². The minimum atomic E-state index is 0.102. The molecule has 0 atom stereocenters. The molecule has 0 spiro atoms. The molecule has 0 heterocycles. The number of aliphatic hydroxyl groups excluding tert-OH is 1. The maximum absolute atomic E-state index is 9.02. The van der Waals surface area contributed by atoms with Gasteiger partial charge in [-0.1, -0.05) is 36.4 Å². The van der Waals surface area contributed by atoms with Gasteiger partial charge in [0.2, 0.25) is 0 Å². The normalized spacial score (nSPS) is 10.5. The molecule has 1 heteroatoms. The Bertz CT molecular complexity index is 486. The topological polar surface area (TPSA) is 20.2 Å². The Balaban J connectivity index is 2.49. The zero-order chi connectivity index (χ0) is 10.7. The SMILES string of the molecule is C=CCc1ccc2cc(CO)ccc2c1. The molecule has 0 aromatic heterocycles. The summed E-state index contributed by atoms with van der Waals surface area (Å²) in [6.07, 6.45) is 2.81. The standard InChI is InChI=1S/C14H14O/c1-2-3-11-4-6-14-9-12(10-15)5-7-13(14)8-11/h2,4-9,15H,1,3,10H2. The van der Waals surface area contributed by atoms with Crippen LogP contribution in [0.5, 0.6) is 0 Å². The minimum absolute atomic E-state index is 0.102. The summed E-state index contributed by atoms with van der Waals surface area (Å²) in [5.74, 6) is 0. The molecule has 0 aliphatic carbocycles. The fraction of sp³-hybridized carbons (Fsp3) is 0.143. The lowest BCUT2D eigenvalue weighted by atomic mass is 10.0. The van der Waals surface area contributed by atoms with Crippen LogP contribution in [-0.4, -0.2) is 5.11 Å². The Kier molecular flexibility index (Phi) is 2.84. The molecule has 0 unspecified atom stereocenters. The van der Waals surface area contributed by atoms with Gasteiger partial charge in [-0.2, -0.15) is 0 Å². The number of rotatable bonds is 3. The first kappa shape index (κ1) is 9.94. The van der Waals surface area contributed by atoms with Crippen molar-refractivity contribution in [3.8, 4) is 0 Å². The lowest BCUT2D eigenvalue weighted by Crippen LogP contribution is -1.85. The van der Waals surface area contributed by atoms with Crippen molar-refractivity contribution in [3.05, 3.63) is 60.2 Å². The maximum atomic E-state index is 9.02. The summed E-state index contributed by atoms with van der Waals surface area (Å²) in [7, 11) is 0. The second-order valence-electron chi connectivity index (χ2n) is 3.67. The summed E-state index contributed by atoms with van der Waals surface area (Å²) in [5, 5.41) is 11.4. The summed E-state index contributed by atoms with van der Waals surface area (Å²) >= 11 is 0. The van der Waals surface area contributed by atoms with E-state index in [0.29, 0.717) is 0 Å². The van der Waals surface area contributed by atoms with Gasteiger partial charge < -0.3 is 5.11 Å². The molecule has 76 valence electrons. The number of allylic oxidation sites excluding steroid dienone is 1. The monoisotopic (exact) mass is 198 g/mol. The first-order valence-electron chi connectivity index (χ1n) is 5.07. The molecule has 0 amide bonds. The molecule has 0 aliphatic rings. The van der Waals surface area contributed by atoms with E-state index >= 15 is 0 Å². The molecule has 0 saturated heterocycles. The lowest BCUT2D eigenvalue weighted by molar-refractivity contribution is 0.282. The molecule has 0 saturated carbocycles. The lowest BCUT2D eigenvalue weighted by Gasteiger charge is -2.03. The Morgan fingerprint density at radius 1 is 1.00 bits per heavy atom. The average molecular weight is 198 g/mol. The molecule has 15 heavy (non-hydrogen) atoms. The zero-order valence-corrected chi connectivity index (χ0v) is 8.61. The Hall–Kier alpha value is -1.60. The molecule has 2 aromatic rings. The first-order chi connectivity index (χ1) is 7.33. The molecule has 1 nitrogen and oxygen atoms in total. The smallest absolute Gasteiger partial charge is 0.0682 e. The Morgan fingerprint density at radius 2 is 1.60 bits per heavy atom. The van der Waals surface area contributed by atoms with Crippen molar-refractivity contribution >= 4 is 10.8 Å². The van der Waals surface area contributed by atoms with E-state index in [4.69, 9.17) is 5.11 Å². The highest BCUT2D eigenvalue weighted by Gasteiger charge is 1.97. The van der Waals surface area contributed by atoms with Crippen LogP contribution in [0.25, 0.3) is 10.8 Å². The van der Waals surface area contributed by atoms with E-state index in [2.05, 4.69) is 24.8 Å². The van der Waals surface area contributed by atoms with Crippen molar-refractivity contribution in [3.63, 3.8) is 0 Å². The molecule has 0 aliphatic heterocycles.